The van der Waals surface area contributed by atoms with Crippen LogP contribution in [0, 0.1) is 0 Å². The summed E-state index contributed by atoms with van der Waals surface area (Å²) in [7, 11) is 0. The van der Waals surface area contributed by atoms with Gasteiger partial charge in [0, 0.05) is 37.6 Å². The zero-order chi connectivity index (χ0) is 11.1. The van der Waals surface area contributed by atoms with Crippen LogP contribution in [0.25, 0.3) is 0 Å². The molecule has 15 heavy (non-hydrogen) atoms. The summed E-state index contributed by atoms with van der Waals surface area (Å²) in [5, 5.41) is 6.82. The smallest absolute Gasteiger partial charge is 0.0271 e. The van der Waals surface area contributed by atoms with E-state index in [1.54, 1.807) is 0 Å². The summed E-state index contributed by atoms with van der Waals surface area (Å²) in [6, 6.07) is 4.06. The number of pyridine rings is 1. The van der Waals surface area contributed by atoms with Crippen molar-refractivity contribution in [3.8, 4) is 0 Å². The number of aromatic nitrogens is 1. The Hall–Kier alpha value is -0.930. The molecule has 84 valence electrons. The highest BCUT2D eigenvalue weighted by Gasteiger charge is 2.06. The molecule has 0 aromatic carbocycles. The van der Waals surface area contributed by atoms with E-state index in [-0.39, 0.29) is 5.54 Å². The Balaban J connectivity index is 2.08. The second-order valence-corrected chi connectivity index (χ2v) is 4.71. The second kappa shape index (κ2) is 5.83. The van der Waals surface area contributed by atoms with Crippen LogP contribution in [0.3, 0.4) is 0 Å². The average molecular weight is 207 g/mol. The Kier molecular flexibility index (Phi) is 4.72. The first-order chi connectivity index (χ1) is 7.08. The monoisotopic (exact) mass is 207 g/mol. The van der Waals surface area contributed by atoms with E-state index < -0.39 is 0 Å². The largest absolute Gasteiger partial charge is 0.311 e. The second-order valence-electron chi connectivity index (χ2n) is 4.71. The molecule has 0 amide bonds. The highest BCUT2D eigenvalue weighted by molar-refractivity contribution is 5.08. The first-order valence-corrected chi connectivity index (χ1v) is 5.42. The number of hydrogen-bond acceptors (Lipinski definition) is 3. The van der Waals surface area contributed by atoms with Gasteiger partial charge in [0.15, 0.2) is 0 Å². The average Bonchev–Trinajstić information content (AvgIpc) is 2.17. The summed E-state index contributed by atoms with van der Waals surface area (Å²) in [5.74, 6) is 0. The van der Waals surface area contributed by atoms with Gasteiger partial charge in [0.25, 0.3) is 0 Å². The molecule has 0 aliphatic carbocycles. The van der Waals surface area contributed by atoms with Crippen molar-refractivity contribution in [1.29, 1.82) is 0 Å². The number of nitrogens with zero attached hydrogens (tertiary/aromatic N) is 1. The number of hydrogen-bond donors (Lipinski definition) is 2. The Bertz CT molecular complexity index is 264. The van der Waals surface area contributed by atoms with E-state index in [0.29, 0.717) is 0 Å². The Labute approximate surface area is 92.3 Å². The molecular formula is C12H21N3. The molecule has 1 rings (SSSR count). The van der Waals surface area contributed by atoms with Gasteiger partial charge in [0.1, 0.15) is 0 Å². The highest BCUT2D eigenvalue weighted by Crippen LogP contribution is 1.97. The number of nitrogens with one attached hydrogen (secondary N) is 2. The van der Waals surface area contributed by atoms with E-state index in [9.17, 15) is 0 Å². The predicted octanol–water partition coefficient (Wildman–Crippen LogP) is 1.56. The molecule has 0 spiro atoms. The van der Waals surface area contributed by atoms with E-state index >= 15 is 0 Å². The molecule has 1 aromatic rings. The normalized spacial score (nSPS) is 11.7. The molecule has 2 N–H and O–H groups in total. The van der Waals surface area contributed by atoms with Gasteiger partial charge >= 0.3 is 0 Å². The molecular weight excluding hydrogens is 186 g/mol. The van der Waals surface area contributed by atoms with Crippen molar-refractivity contribution in [2.24, 2.45) is 0 Å². The van der Waals surface area contributed by atoms with Crippen LogP contribution in [-0.4, -0.2) is 23.6 Å². The zero-order valence-electron chi connectivity index (χ0n) is 9.88. The van der Waals surface area contributed by atoms with Crippen molar-refractivity contribution in [3.63, 3.8) is 0 Å². The standard InChI is InChI=1S/C12H21N3/c1-12(2,3)15-9-8-14-10-11-4-6-13-7-5-11/h4-7,14-15H,8-10H2,1-3H3. The molecule has 0 atom stereocenters. The van der Waals surface area contributed by atoms with Crippen LogP contribution in [0.4, 0.5) is 0 Å². The maximum atomic E-state index is 3.98. The van der Waals surface area contributed by atoms with E-state index in [2.05, 4.69) is 36.4 Å². The van der Waals surface area contributed by atoms with Crippen LogP contribution in [-0.2, 0) is 6.54 Å². The fourth-order valence-electron chi connectivity index (χ4n) is 1.26. The van der Waals surface area contributed by atoms with Gasteiger partial charge in [0.05, 0.1) is 0 Å². The molecule has 0 bridgehead atoms. The van der Waals surface area contributed by atoms with Crippen molar-refractivity contribution in [3.05, 3.63) is 30.1 Å². The first-order valence-electron chi connectivity index (χ1n) is 5.42. The maximum Gasteiger partial charge on any atom is 0.0271 e. The molecule has 0 saturated carbocycles. The minimum atomic E-state index is 0.207. The van der Waals surface area contributed by atoms with Gasteiger partial charge in [-0.25, -0.2) is 0 Å². The zero-order valence-corrected chi connectivity index (χ0v) is 9.88. The SMILES string of the molecule is CC(C)(C)NCCNCc1ccncc1. The van der Waals surface area contributed by atoms with Crippen LogP contribution in [0.15, 0.2) is 24.5 Å². The van der Waals surface area contributed by atoms with Crippen molar-refractivity contribution >= 4 is 0 Å². The first kappa shape index (κ1) is 12.1. The minimum Gasteiger partial charge on any atom is -0.311 e. The van der Waals surface area contributed by atoms with Crippen LogP contribution >= 0.6 is 0 Å². The molecule has 0 saturated heterocycles. The van der Waals surface area contributed by atoms with Crippen LogP contribution in [0.5, 0.6) is 0 Å². The summed E-state index contributed by atoms with van der Waals surface area (Å²) in [6.45, 7) is 9.42. The third kappa shape index (κ3) is 6.20. The predicted molar refractivity (Wildman–Crippen MR) is 63.7 cm³/mol. The third-order valence-electron chi connectivity index (χ3n) is 2.04. The van der Waals surface area contributed by atoms with E-state index in [1.807, 2.05) is 24.5 Å². The summed E-state index contributed by atoms with van der Waals surface area (Å²) >= 11 is 0. The van der Waals surface area contributed by atoms with Gasteiger partial charge in [-0.3, -0.25) is 4.98 Å². The van der Waals surface area contributed by atoms with Crippen LogP contribution < -0.4 is 10.6 Å². The lowest BCUT2D eigenvalue weighted by Gasteiger charge is -2.20. The lowest BCUT2D eigenvalue weighted by atomic mass is 10.1. The summed E-state index contributed by atoms with van der Waals surface area (Å²) in [6.07, 6.45) is 3.65. The van der Waals surface area contributed by atoms with Crippen molar-refractivity contribution in [2.45, 2.75) is 32.9 Å². The third-order valence-corrected chi connectivity index (χ3v) is 2.04. The van der Waals surface area contributed by atoms with Crippen LogP contribution in [0.1, 0.15) is 26.3 Å². The van der Waals surface area contributed by atoms with Crippen molar-refractivity contribution in [1.82, 2.24) is 15.6 Å². The lowest BCUT2D eigenvalue weighted by molar-refractivity contribution is 0.421. The Morgan fingerprint density at radius 2 is 1.80 bits per heavy atom. The molecule has 1 aromatic heterocycles. The fourth-order valence-corrected chi connectivity index (χ4v) is 1.26. The molecule has 0 aliphatic rings. The van der Waals surface area contributed by atoms with Gasteiger partial charge < -0.3 is 10.6 Å². The topological polar surface area (TPSA) is 37.0 Å². The summed E-state index contributed by atoms with van der Waals surface area (Å²) in [4.78, 5) is 3.98. The Morgan fingerprint density at radius 3 is 2.40 bits per heavy atom. The molecule has 0 unspecified atom stereocenters. The lowest BCUT2D eigenvalue weighted by Crippen LogP contribution is -2.40. The van der Waals surface area contributed by atoms with E-state index in [1.165, 1.54) is 5.56 Å². The van der Waals surface area contributed by atoms with Crippen molar-refractivity contribution in [2.75, 3.05) is 13.1 Å². The molecule has 3 nitrogen and oxygen atoms in total. The molecule has 3 heteroatoms. The van der Waals surface area contributed by atoms with Crippen molar-refractivity contribution < 1.29 is 0 Å². The van der Waals surface area contributed by atoms with Crippen LogP contribution in [0.2, 0.25) is 0 Å². The molecule has 1 heterocycles. The van der Waals surface area contributed by atoms with E-state index in [0.717, 1.165) is 19.6 Å². The quantitative estimate of drug-likeness (QED) is 0.719. The van der Waals surface area contributed by atoms with Gasteiger partial charge in [-0.2, -0.15) is 0 Å². The van der Waals surface area contributed by atoms with Gasteiger partial charge in [0.2, 0.25) is 0 Å². The van der Waals surface area contributed by atoms with Gasteiger partial charge in [-0.05, 0) is 38.5 Å². The molecule has 0 fully saturated rings. The van der Waals surface area contributed by atoms with E-state index in [4.69, 9.17) is 0 Å². The minimum absolute atomic E-state index is 0.207. The summed E-state index contributed by atoms with van der Waals surface area (Å²) in [5.41, 5.74) is 1.49. The Morgan fingerprint density at radius 1 is 1.13 bits per heavy atom. The molecule has 0 aliphatic heterocycles. The van der Waals surface area contributed by atoms with Gasteiger partial charge in [-0.15, -0.1) is 0 Å². The molecule has 0 radical (unpaired) electrons. The maximum absolute atomic E-state index is 3.98. The van der Waals surface area contributed by atoms with Gasteiger partial charge in [-0.1, -0.05) is 0 Å². The number of rotatable bonds is 5. The summed E-state index contributed by atoms with van der Waals surface area (Å²) < 4.78 is 0. The fraction of sp³-hybridized carbons (Fsp3) is 0.583. The highest BCUT2D eigenvalue weighted by atomic mass is 15.0.